The standard InChI is InChI=1S/C11H13NO2/c13-9-3-1-8(2-4-9)11-7-10(14)5-6-12-11/h5-8H,1-4H2,(H,12,14). The number of nitrogens with one attached hydrogen (secondary N) is 1. The normalized spacial score (nSPS) is 18.4. The van der Waals surface area contributed by atoms with E-state index in [9.17, 15) is 9.59 Å². The van der Waals surface area contributed by atoms with Gasteiger partial charge in [0.1, 0.15) is 5.78 Å². The van der Waals surface area contributed by atoms with Crippen LogP contribution in [0.5, 0.6) is 0 Å². The van der Waals surface area contributed by atoms with Crippen molar-refractivity contribution in [2.24, 2.45) is 0 Å². The summed E-state index contributed by atoms with van der Waals surface area (Å²) in [5.74, 6) is 0.709. The van der Waals surface area contributed by atoms with Crippen LogP contribution in [0.1, 0.15) is 37.3 Å². The van der Waals surface area contributed by atoms with E-state index in [-0.39, 0.29) is 5.43 Å². The summed E-state index contributed by atoms with van der Waals surface area (Å²) in [5.41, 5.74) is 1.01. The first-order chi connectivity index (χ1) is 6.75. The van der Waals surface area contributed by atoms with Gasteiger partial charge in [-0.1, -0.05) is 0 Å². The molecule has 0 atom stereocenters. The third-order valence-corrected chi connectivity index (χ3v) is 2.78. The molecule has 0 aromatic carbocycles. The first-order valence-corrected chi connectivity index (χ1v) is 4.96. The lowest BCUT2D eigenvalue weighted by Crippen LogP contribution is -2.15. The summed E-state index contributed by atoms with van der Waals surface area (Å²) in [4.78, 5) is 25.2. The Bertz CT molecular complexity index is 384. The number of carbonyl (C=O) groups excluding carboxylic acids is 1. The van der Waals surface area contributed by atoms with Crippen LogP contribution >= 0.6 is 0 Å². The van der Waals surface area contributed by atoms with Crippen LogP contribution in [0.2, 0.25) is 0 Å². The highest BCUT2D eigenvalue weighted by molar-refractivity contribution is 5.79. The maximum atomic E-state index is 11.1. The molecule has 0 spiro atoms. The van der Waals surface area contributed by atoms with Gasteiger partial charge in [0.25, 0.3) is 0 Å². The topological polar surface area (TPSA) is 49.9 Å². The van der Waals surface area contributed by atoms with Crippen molar-refractivity contribution < 1.29 is 4.79 Å². The van der Waals surface area contributed by atoms with E-state index in [2.05, 4.69) is 4.98 Å². The van der Waals surface area contributed by atoms with Crippen molar-refractivity contribution >= 4 is 5.78 Å². The second kappa shape index (κ2) is 3.78. The highest BCUT2D eigenvalue weighted by atomic mass is 16.1. The summed E-state index contributed by atoms with van der Waals surface area (Å²) in [6, 6.07) is 3.15. The number of hydrogen-bond acceptors (Lipinski definition) is 2. The predicted molar refractivity (Wildman–Crippen MR) is 53.3 cm³/mol. The fourth-order valence-corrected chi connectivity index (χ4v) is 1.95. The van der Waals surface area contributed by atoms with E-state index in [1.165, 1.54) is 6.07 Å². The van der Waals surface area contributed by atoms with Crippen LogP contribution in [0, 0.1) is 0 Å². The molecule has 74 valence electrons. The number of H-pyrrole nitrogens is 1. The first-order valence-electron chi connectivity index (χ1n) is 4.96. The van der Waals surface area contributed by atoms with Crippen LogP contribution in [0.15, 0.2) is 23.1 Å². The van der Waals surface area contributed by atoms with Crippen molar-refractivity contribution in [3.63, 3.8) is 0 Å². The Balaban J connectivity index is 2.16. The molecule has 1 saturated carbocycles. The van der Waals surface area contributed by atoms with Crippen LogP contribution in [0.4, 0.5) is 0 Å². The first kappa shape index (κ1) is 9.19. The monoisotopic (exact) mass is 191 g/mol. The quantitative estimate of drug-likeness (QED) is 0.733. The number of aromatic amines is 1. The lowest BCUT2D eigenvalue weighted by molar-refractivity contribution is -0.120. The Labute approximate surface area is 82.2 Å². The van der Waals surface area contributed by atoms with E-state index < -0.39 is 0 Å². The minimum absolute atomic E-state index is 0.0376. The number of pyridine rings is 1. The zero-order valence-corrected chi connectivity index (χ0v) is 7.95. The van der Waals surface area contributed by atoms with Gasteiger partial charge in [0, 0.05) is 36.9 Å². The molecule has 0 bridgehead atoms. The molecular weight excluding hydrogens is 178 g/mol. The molecule has 1 aliphatic carbocycles. The van der Waals surface area contributed by atoms with E-state index in [1.807, 2.05) is 0 Å². The molecule has 0 amide bonds. The number of Topliss-reactive ketones (excluding diaryl/α,β-unsaturated/α-hetero) is 1. The molecule has 0 saturated heterocycles. The van der Waals surface area contributed by atoms with Crippen LogP contribution < -0.4 is 5.43 Å². The Morgan fingerprint density at radius 1 is 1.21 bits per heavy atom. The molecule has 1 aromatic rings. The fraction of sp³-hybridized carbons (Fsp3) is 0.455. The van der Waals surface area contributed by atoms with Gasteiger partial charge in [-0.2, -0.15) is 0 Å². The molecule has 0 radical (unpaired) electrons. The zero-order valence-electron chi connectivity index (χ0n) is 7.95. The Kier molecular flexibility index (Phi) is 2.48. The molecule has 14 heavy (non-hydrogen) atoms. The SMILES string of the molecule is O=C1CCC(c2cc(=O)cc[nH]2)CC1. The summed E-state index contributed by atoms with van der Waals surface area (Å²) in [6.45, 7) is 0. The van der Waals surface area contributed by atoms with Crippen molar-refractivity contribution in [1.29, 1.82) is 0 Å². The molecular formula is C11H13NO2. The molecule has 0 aliphatic heterocycles. The lowest BCUT2D eigenvalue weighted by Gasteiger charge is -2.20. The molecule has 1 fully saturated rings. The van der Waals surface area contributed by atoms with Gasteiger partial charge in [-0.3, -0.25) is 9.59 Å². The number of rotatable bonds is 1. The maximum absolute atomic E-state index is 11.1. The third kappa shape index (κ3) is 1.92. The highest BCUT2D eigenvalue weighted by Gasteiger charge is 2.20. The molecule has 3 heteroatoms. The van der Waals surface area contributed by atoms with E-state index >= 15 is 0 Å². The molecule has 0 unspecified atom stereocenters. The largest absolute Gasteiger partial charge is 0.365 e. The van der Waals surface area contributed by atoms with Gasteiger partial charge in [-0.15, -0.1) is 0 Å². The maximum Gasteiger partial charge on any atom is 0.181 e. The van der Waals surface area contributed by atoms with Crippen molar-refractivity contribution in [3.8, 4) is 0 Å². The summed E-state index contributed by atoms with van der Waals surface area (Å²) in [5, 5.41) is 0. The second-order valence-electron chi connectivity index (χ2n) is 3.79. The van der Waals surface area contributed by atoms with Gasteiger partial charge in [-0.05, 0) is 18.8 Å². The van der Waals surface area contributed by atoms with Crippen LogP contribution in [-0.2, 0) is 4.79 Å². The minimum Gasteiger partial charge on any atom is -0.365 e. The van der Waals surface area contributed by atoms with E-state index in [0.29, 0.717) is 24.5 Å². The van der Waals surface area contributed by atoms with Crippen molar-refractivity contribution in [2.75, 3.05) is 0 Å². The molecule has 2 rings (SSSR count). The molecule has 1 aromatic heterocycles. The Morgan fingerprint density at radius 2 is 1.93 bits per heavy atom. The summed E-state index contributed by atoms with van der Waals surface area (Å²) in [7, 11) is 0. The van der Waals surface area contributed by atoms with E-state index in [1.54, 1.807) is 12.3 Å². The molecule has 3 nitrogen and oxygen atoms in total. The van der Waals surface area contributed by atoms with Crippen LogP contribution in [-0.4, -0.2) is 10.8 Å². The molecule has 1 heterocycles. The van der Waals surface area contributed by atoms with Crippen molar-refractivity contribution in [1.82, 2.24) is 4.98 Å². The lowest BCUT2D eigenvalue weighted by atomic mass is 9.86. The second-order valence-corrected chi connectivity index (χ2v) is 3.79. The van der Waals surface area contributed by atoms with Gasteiger partial charge in [0.15, 0.2) is 5.43 Å². The van der Waals surface area contributed by atoms with Gasteiger partial charge in [-0.25, -0.2) is 0 Å². The Morgan fingerprint density at radius 3 is 2.57 bits per heavy atom. The number of carbonyl (C=O) groups is 1. The summed E-state index contributed by atoms with van der Waals surface area (Å²) in [6.07, 6.45) is 4.73. The van der Waals surface area contributed by atoms with Gasteiger partial charge >= 0.3 is 0 Å². The predicted octanol–water partition coefficient (Wildman–Crippen LogP) is 1.60. The van der Waals surface area contributed by atoms with Crippen molar-refractivity contribution in [3.05, 3.63) is 34.2 Å². The smallest absolute Gasteiger partial charge is 0.181 e. The number of ketones is 1. The fourth-order valence-electron chi connectivity index (χ4n) is 1.95. The molecule has 1 N–H and O–H groups in total. The number of hydrogen-bond donors (Lipinski definition) is 1. The number of aromatic nitrogens is 1. The van der Waals surface area contributed by atoms with Crippen molar-refractivity contribution in [2.45, 2.75) is 31.6 Å². The van der Waals surface area contributed by atoms with E-state index in [4.69, 9.17) is 0 Å². The third-order valence-electron chi connectivity index (χ3n) is 2.78. The van der Waals surface area contributed by atoms with Gasteiger partial charge < -0.3 is 4.98 Å². The van der Waals surface area contributed by atoms with Crippen LogP contribution in [0.3, 0.4) is 0 Å². The molecule has 1 aliphatic rings. The van der Waals surface area contributed by atoms with Gasteiger partial charge in [0.2, 0.25) is 0 Å². The highest BCUT2D eigenvalue weighted by Crippen LogP contribution is 2.28. The minimum atomic E-state index is 0.0376. The average molecular weight is 191 g/mol. The summed E-state index contributed by atoms with van der Waals surface area (Å²) >= 11 is 0. The summed E-state index contributed by atoms with van der Waals surface area (Å²) < 4.78 is 0. The van der Waals surface area contributed by atoms with Crippen LogP contribution in [0.25, 0.3) is 0 Å². The van der Waals surface area contributed by atoms with Gasteiger partial charge in [0.05, 0.1) is 0 Å². The van der Waals surface area contributed by atoms with E-state index in [0.717, 1.165) is 18.5 Å². The Hall–Kier alpha value is -1.38. The zero-order chi connectivity index (χ0) is 9.97. The average Bonchev–Trinajstić information content (AvgIpc) is 2.19.